The van der Waals surface area contributed by atoms with Crippen LogP contribution in [-0.4, -0.2) is 44.5 Å². The van der Waals surface area contributed by atoms with Gasteiger partial charge in [-0.25, -0.2) is 0 Å². The first-order valence-electron chi connectivity index (χ1n) is 6.59. The van der Waals surface area contributed by atoms with E-state index in [1.807, 2.05) is 24.3 Å². The van der Waals surface area contributed by atoms with Crippen molar-refractivity contribution in [3.05, 3.63) is 29.8 Å². The highest BCUT2D eigenvalue weighted by molar-refractivity contribution is 5.89. The Bertz CT molecular complexity index is 453. The van der Waals surface area contributed by atoms with Crippen LogP contribution in [-0.2, 0) is 14.4 Å². The largest absolute Gasteiger partial charge is 0.393 e. The summed E-state index contributed by atoms with van der Waals surface area (Å²) < 4.78 is 5.48. The molecule has 1 aromatic rings. The summed E-state index contributed by atoms with van der Waals surface area (Å²) in [6.45, 7) is 4.31. The van der Waals surface area contributed by atoms with Crippen molar-refractivity contribution in [1.82, 2.24) is 5.32 Å². The Morgan fingerprint density at radius 2 is 2.35 bits per heavy atom. The molecular formula is C14H19N3O3. The Morgan fingerprint density at radius 3 is 3.00 bits per heavy atom. The van der Waals surface area contributed by atoms with Crippen LogP contribution in [0.4, 0.5) is 5.69 Å². The Morgan fingerprint density at radius 1 is 1.55 bits per heavy atom. The van der Waals surface area contributed by atoms with E-state index in [0.29, 0.717) is 13.2 Å². The summed E-state index contributed by atoms with van der Waals surface area (Å²) in [6.07, 6.45) is 1.69. The molecule has 1 atom stereocenters. The van der Waals surface area contributed by atoms with E-state index in [9.17, 15) is 4.79 Å². The van der Waals surface area contributed by atoms with Crippen LogP contribution in [0, 0.1) is 0 Å². The molecule has 1 aliphatic heterocycles. The molecule has 0 saturated carbocycles. The molecule has 1 fully saturated rings. The van der Waals surface area contributed by atoms with Gasteiger partial charge in [0.05, 0.1) is 12.8 Å². The molecule has 0 aliphatic carbocycles. The van der Waals surface area contributed by atoms with Gasteiger partial charge in [-0.1, -0.05) is 17.3 Å². The van der Waals surface area contributed by atoms with E-state index in [2.05, 4.69) is 15.8 Å². The van der Waals surface area contributed by atoms with Gasteiger partial charge in [-0.3, -0.25) is 4.79 Å². The van der Waals surface area contributed by atoms with Crippen LogP contribution in [0.5, 0.6) is 0 Å². The SMILES string of the molecule is CC(=O)Nc1ccc(/C=N/OCC2CNCCO2)cc1. The number of benzene rings is 1. The first-order valence-corrected chi connectivity index (χ1v) is 6.59. The van der Waals surface area contributed by atoms with Crippen molar-refractivity contribution < 1.29 is 14.4 Å². The summed E-state index contributed by atoms with van der Waals surface area (Å²) in [4.78, 5) is 16.1. The number of carbonyl (C=O) groups is 1. The van der Waals surface area contributed by atoms with Crippen molar-refractivity contribution in [1.29, 1.82) is 0 Å². The fourth-order valence-corrected chi connectivity index (χ4v) is 1.81. The molecule has 1 saturated heterocycles. The van der Waals surface area contributed by atoms with E-state index in [0.717, 1.165) is 24.3 Å². The van der Waals surface area contributed by atoms with Crippen LogP contribution < -0.4 is 10.6 Å². The Hall–Kier alpha value is -1.92. The number of nitrogens with zero attached hydrogens (tertiary/aromatic N) is 1. The van der Waals surface area contributed by atoms with Crippen LogP contribution in [0.25, 0.3) is 0 Å². The molecule has 108 valence electrons. The zero-order valence-corrected chi connectivity index (χ0v) is 11.5. The van der Waals surface area contributed by atoms with Crippen molar-refractivity contribution in [2.45, 2.75) is 13.0 Å². The minimum Gasteiger partial charge on any atom is -0.393 e. The third-order valence-electron chi connectivity index (χ3n) is 2.77. The molecule has 0 aromatic heterocycles. The molecule has 2 rings (SSSR count). The van der Waals surface area contributed by atoms with E-state index >= 15 is 0 Å². The van der Waals surface area contributed by atoms with Crippen LogP contribution in [0.15, 0.2) is 29.4 Å². The normalized spacial score (nSPS) is 18.9. The van der Waals surface area contributed by atoms with E-state index < -0.39 is 0 Å². The second kappa shape index (κ2) is 7.62. The van der Waals surface area contributed by atoms with Gasteiger partial charge in [0.15, 0.2) is 0 Å². The predicted octanol–water partition coefficient (Wildman–Crippen LogP) is 0.984. The molecule has 0 spiro atoms. The summed E-state index contributed by atoms with van der Waals surface area (Å²) in [6, 6.07) is 7.35. The lowest BCUT2D eigenvalue weighted by atomic mass is 10.2. The van der Waals surface area contributed by atoms with E-state index in [-0.39, 0.29) is 12.0 Å². The number of anilines is 1. The van der Waals surface area contributed by atoms with Gasteiger partial charge in [0.25, 0.3) is 0 Å². The van der Waals surface area contributed by atoms with Crippen LogP contribution >= 0.6 is 0 Å². The van der Waals surface area contributed by atoms with Gasteiger partial charge in [-0.15, -0.1) is 0 Å². The molecule has 6 nitrogen and oxygen atoms in total. The Balaban J connectivity index is 1.74. The first-order chi connectivity index (χ1) is 9.74. The average Bonchev–Trinajstić information content (AvgIpc) is 2.46. The minimum atomic E-state index is -0.0872. The van der Waals surface area contributed by atoms with Gasteiger partial charge in [0.2, 0.25) is 5.91 Å². The average molecular weight is 277 g/mol. The van der Waals surface area contributed by atoms with E-state index in [1.165, 1.54) is 6.92 Å². The van der Waals surface area contributed by atoms with Crippen molar-refractivity contribution in [3.63, 3.8) is 0 Å². The number of ether oxygens (including phenoxy) is 1. The lowest BCUT2D eigenvalue weighted by Gasteiger charge is -2.22. The monoisotopic (exact) mass is 277 g/mol. The maximum Gasteiger partial charge on any atom is 0.221 e. The summed E-state index contributed by atoms with van der Waals surface area (Å²) in [7, 11) is 0. The number of amides is 1. The van der Waals surface area contributed by atoms with E-state index in [4.69, 9.17) is 9.57 Å². The molecule has 20 heavy (non-hydrogen) atoms. The number of carbonyl (C=O) groups excluding carboxylic acids is 1. The maximum atomic E-state index is 10.9. The van der Waals surface area contributed by atoms with Gasteiger partial charge in [0, 0.05) is 25.7 Å². The molecule has 1 aromatic carbocycles. The van der Waals surface area contributed by atoms with Crippen molar-refractivity contribution >= 4 is 17.8 Å². The Labute approximate surface area is 118 Å². The summed E-state index contributed by atoms with van der Waals surface area (Å²) in [5, 5.41) is 9.83. The zero-order valence-electron chi connectivity index (χ0n) is 11.5. The number of rotatable bonds is 5. The van der Waals surface area contributed by atoms with Crippen molar-refractivity contribution in [2.75, 3.05) is 31.6 Å². The third-order valence-corrected chi connectivity index (χ3v) is 2.77. The maximum absolute atomic E-state index is 10.9. The van der Waals surface area contributed by atoms with Gasteiger partial charge in [-0.05, 0) is 17.7 Å². The molecule has 1 amide bonds. The lowest BCUT2D eigenvalue weighted by Crippen LogP contribution is -2.40. The van der Waals surface area contributed by atoms with Crippen LogP contribution in [0.3, 0.4) is 0 Å². The van der Waals surface area contributed by atoms with Gasteiger partial charge in [0.1, 0.15) is 12.7 Å². The summed E-state index contributed by atoms with van der Waals surface area (Å²) in [5.41, 5.74) is 1.67. The van der Waals surface area contributed by atoms with Crippen LogP contribution in [0.1, 0.15) is 12.5 Å². The molecule has 0 radical (unpaired) electrons. The molecule has 6 heteroatoms. The summed E-state index contributed by atoms with van der Waals surface area (Å²) >= 11 is 0. The molecule has 1 aliphatic rings. The molecular weight excluding hydrogens is 258 g/mol. The quantitative estimate of drug-likeness (QED) is 0.622. The Kier molecular flexibility index (Phi) is 5.52. The minimum absolute atomic E-state index is 0.0584. The highest BCUT2D eigenvalue weighted by Gasteiger charge is 2.13. The molecule has 2 N–H and O–H groups in total. The summed E-state index contributed by atoms with van der Waals surface area (Å²) in [5.74, 6) is -0.0872. The van der Waals surface area contributed by atoms with Gasteiger partial charge < -0.3 is 20.2 Å². The van der Waals surface area contributed by atoms with Gasteiger partial charge >= 0.3 is 0 Å². The second-order valence-electron chi connectivity index (χ2n) is 4.53. The third kappa shape index (κ3) is 4.99. The number of oxime groups is 1. The van der Waals surface area contributed by atoms with Crippen molar-refractivity contribution in [2.24, 2.45) is 5.16 Å². The van der Waals surface area contributed by atoms with E-state index in [1.54, 1.807) is 6.21 Å². The fourth-order valence-electron chi connectivity index (χ4n) is 1.81. The molecule has 0 bridgehead atoms. The highest BCUT2D eigenvalue weighted by atomic mass is 16.6. The number of morpholine rings is 1. The van der Waals surface area contributed by atoms with Gasteiger partial charge in [-0.2, -0.15) is 0 Å². The number of nitrogens with one attached hydrogen (secondary N) is 2. The number of hydrogen-bond donors (Lipinski definition) is 2. The standard InChI is InChI=1S/C14H19N3O3/c1-11(18)17-13-4-2-12(3-5-13)8-16-20-10-14-9-15-6-7-19-14/h2-5,8,14-15H,6-7,9-10H2,1H3,(H,17,18)/b16-8+. The molecule has 1 heterocycles. The zero-order chi connectivity index (χ0) is 14.2. The highest BCUT2D eigenvalue weighted by Crippen LogP contribution is 2.08. The number of hydrogen-bond acceptors (Lipinski definition) is 5. The topological polar surface area (TPSA) is 72.0 Å². The smallest absolute Gasteiger partial charge is 0.221 e. The van der Waals surface area contributed by atoms with Crippen molar-refractivity contribution in [3.8, 4) is 0 Å². The predicted molar refractivity (Wildman–Crippen MR) is 76.9 cm³/mol. The fraction of sp³-hybridized carbons (Fsp3) is 0.429. The first kappa shape index (κ1) is 14.5. The van der Waals surface area contributed by atoms with Crippen LogP contribution in [0.2, 0.25) is 0 Å². The second-order valence-corrected chi connectivity index (χ2v) is 4.53. The lowest BCUT2D eigenvalue weighted by molar-refractivity contribution is -0.114. The molecule has 1 unspecified atom stereocenters.